The molecular formula is C17H21NOS. The minimum Gasteiger partial charge on any atom is -0.493 e. The second-order valence-electron chi connectivity index (χ2n) is 5.45. The van der Waals surface area contributed by atoms with Crippen molar-refractivity contribution in [3.8, 4) is 5.75 Å². The van der Waals surface area contributed by atoms with Gasteiger partial charge >= 0.3 is 0 Å². The average Bonchev–Trinajstić information content (AvgIpc) is 3.01. The van der Waals surface area contributed by atoms with Crippen molar-refractivity contribution in [1.29, 1.82) is 0 Å². The summed E-state index contributed by atoms with van der Waals surface area (Å²) in [5.74, 6) is 1.63. The van der Waals surface area contributed by atoms with Gasteiger partial charge in [-0.2, -0.15) is 11.3 Å². The fourth-order valence-corrected chi connectivity index (χ4v) is 3.69. The molecule has 0 spiro atoms. The van der Waals surface area contributed by atoms with Crippen molar-refractivity contribution in [1.82, 2.24) is 5.32 Å². The lowest BCUT2D eigenvalue weighted by atomic mass is 9.87. The third-order valence-electron chi connectivity index (χ3n) is 4.17. The highest BCUT2D eigenvalue weighted by atomic mass is 32.1. The molecule has 106 valence electrons. The van der Waals surface area contributed by atoms with Gasteiger partial charge in [0.2, 0.25) is 0 Å². The van der Waals surface area contributed by atoms with Gasteiger partial charge in [-0.3, -0.25) is 0 Å². The van der Waals surface area contributed by atoms with Crippen LogP contribution in [0.4, 0.5) is 0 Å². The van der Waals surface area contributed by atoms with Crippen LogP contribution in [0.15, 0.2) is 41.1 Å². The smallest absolute Gasteiger partial charge is 0.122 e. The maximum atomic E-state index is 5.92. The lowest BCUT2D eigenvalue weighted by Gasteiger charge is -2.31. The van der Waals surface area contributed by atoms with E-state index in [1.54, 1.807) is 11.3 Å². The molecule has 2 heterocycles. The largest absolute Gasteiger partial charge is 0.493 e. The van der Waals surface area contributed by atoms with Crippen molar-refractivity contribution in [2.75, 3.05) is 13.7 Å². The molecule has 20 heavy (non-hydrogen) atoms. The zero-order valence-corrected chi connectivity index (χ0v) is 12.7. The summed E-state index contributed by atoms with van der Waals surface area (Å²) in [5.41, 5.74) is 2.80. The van der Waals surface area contributed by atoms with E-state index in [9.17, 15) is 0 Å². The standard InChI is InChI=1S/C17H21NOS/c1-18-16(7-6-13-8-9-20-12-13)15-10-14-4-2-3-5-17(14)19-11-15/h2-5,8-9,12,15-16,18H,6-7,10-11H2,1H3. The number of benzene rings is 1. The zero-order valence-electron chi connectivity index (χ0n) is 11.8. The Bertz CT molecular complexity index is 538. The molecule has 2 unspecified atom stereocenters. The van der Waals surface area contributed by atoms with Gasteiger partial charge in [0.1, 0.15) is 5.75 Å². The fraction of sp³-hybridized carbons (Fsp3) is 0.412. The Morgan fingerprint density at radius 3 is 3.05 bits per heavy atom. The highest BCUT2D eigenvalue weighted by Gasteiger charge is 2.26. The Balaban J connectivity index is 1.62. The molecule has 0 fully saturated rings. The summed E-state index contributed by atoms with van der Waals surface area (Å²) in [6.45, 7) is 0.826. The number of fused-ring (bicyclic) bond motifs is 1. The number of para-hydroxylation sites is 1. The van der Waals surface area contributed by atoms with Crippen LogP contribution in [0.25, 0.3) is 0 Å². The van der Waals surface area contributed by atoms with Gasteiger partial charge in [-0.25, -0.2) is 0 Å². The van der Waals surface area contributed by atoms with Crippen LogP contribution in [-0.4, -0.2) is 19.7 Å². The molecule has 0 amide bonds. The summed E-state index contributed by atoms with van der Waals surface area (Å²) < 4.78 is 5.92. The van der Waals surface area contributed by atoms with Gasteiger partial charge in [0, 0.05) is 12.0 Å². The van der Waals surface area contributed by atoms with E-state index >= 15 is 0 Å². The topological polar surface area (TPSA) is 21.3 Å². The first-order valence-corrected chi connectivity index (χ1v) is 8.20. The maximum absolute atomic E-state index is 5.92. The first kappa shape index (κ1) is 13.7. The van der Waals surface area contributed by atoms with Gasteiger partial charge in [-0.05, 0) is 60.3 Å². The van der Waals surface area contributed by atoms with Crippen LogP contribution in [0.2, 0.25) is 0 Å². The van der Waals surface area contributed by atoms with Crippen molar-refractivity contribution in [2.45, 2.75) is 25.3 Å². The maximum Gasteiger partial charge on any atom is 0.122 e. The monoisotopic (exact) mass is 287 g/mol. The van der Waals surface area contributed by atoms with Gasteiger partial charge in [-0.1, -0.05) is 18.2 Å². The first-order chi connectivity index (χ1) is 9.86. The molecule has 3 heteroatoms. The van der Waals surface area contributed by atoms with Crippen LogP contribution in [-0.2, 0) is 12.8 Å². The SMILES string of the molecule is CNC(CCc1ccsc1)C1COc2ccccc2C1. The average molecular weight is 287 g/mol. The lowest BCUT2D eigenvalue weighted by Crippen LogP contribution is -2.40. The van der Waals surface area contributed by atoms with Gasteiger partial charge < -0.3 is 10.1 Å². The summed E-state index contributed by atoms with van der Waals surface area (Å²) in [4.78, 5) is 0. The molecule has 2 atom stereocenters. The summed E-state index contributed by atoms with van der Waals surface area (Å²) in [6.07, 6.45) is 3.43. The quantitative estimate of drug-likeness (QED) is 0.908. The third kappa shape index (κ3) is 3.05. The third-order valence-corrected chi connectivity index (χ3v) is 4.90. The number of ether oxygens (including phenoxy) is 1. The Morgan fingerprint density at radius 1 is 1.35 bits per heavy atom. The van der Waals surface area contributed by atoms with Gasteiger partial charge in [0.15, 0.2) is 0 Å². The second kappa shape index (κ2) is 6.42. The van der Waals surface area contributed by atoms with Crippen molar-refractivity contribution in [2.24, 2.45) is 5.92 Å². The minimum atomic E-state index is 0.517. The molecule has 2 nitrogen and oxygen atoms in total. The van der Waals surface area contributed by atoms with Crippen LogP contribution in [0.3, 0.4) is 0 Å². The van der Waals surface area contributed by atoms with E-state index in [0.717, 1.165) is 25.2 Å². The normalized spacial score (nSPS) is 19.1. The van der Waals surface area contributed by atoms with E-state index in [1.165, 1.54) is 17.5 Å². The van der Waals surface area contributed by atoms with E-state index in [0.29, 0.717) is 12.0 Å². The van der Waals surface area contributed by atoms with E-state index in [4.69, 9.17) is 4.74 Å². The highest BCUT2D eigenvalue weighted by Crippen LogP contribution is 2.29. The summed E-state index contributed by atoms with van der Waals surface area (Å²) >= 11 is 1.78. The minimum absolute atomic E-state index is 0.517. The molecule has 1 aliphatic rings. The lowest BCUT2D eigenvalue weighted by molar-refractivity contribution is 0.183. The van der Waals surface area contributed by atoms with Crippen LogP contribution in [0, 0.1) is 5.92 Å². The van der Waals surface area contributed by atoms with Crippen LogP contribution in [0.1, 0.15) is 17.5 Å². The first-order valence-electron chi connectivity index (χ1n) is 7.26. The predicted molar refractivity (Wildman–Crippen MR) is 84.6 cm³/mol. The molecule has 1 aliphatic heterocycles. The van der Waals surface area contributed by atoms with E-state index in [2.05, 4.69) is 47.4 Å². The fourth-order valence-electron chi connectivity index (χ4n) is 2.98. The number of thiophene rings is 1. The highest BCUT2D eigenvalue weighted by molar-refractivity contribution is 7.07. The molecule has 1 aromatic heterocycles. The molecule has 0 aliphatic carbocycles. The van der Waals surface area contributed by atoms with Gasteiger partial charge in [0.05, 0.1) is 6.61 Å². The molecule has 0 saturated heterocycles. The Kier molecular flexibility index (Phi) is 4.38. The van der Waals surface area contributed by atoms with Crippen LogP contribution in [0.5, 0.6) is 5.75 Å². The number of rotatable bonds is 5. The molecule has 0 saturated carbocycles. The van der Waals surface area contributed by atoms with Gasteiger partial charge in [0.25, 0.3) is 0 Å². The summed E-state index contributed by atoms with van der Waals surface area (Å²) in [7, 11) is 2.07. The molecule has 0 bridgehead atoms. The Morgan fingerprint density at radius 2 is 2.25 bits per heavy atom. The molecule has 0 radical (unpaired) electrons. The van der Waals surface area contributed by atoms with E-state index in [1.807, 2.05) is 6.07 Å². The van der Waals surface area contributed by atoms with E-state index in [-0.39, 0.29) is 0 Å². The number of hydrogen-bond acceptors (Lipinski definition) is 3. The summed E-state index contributed by atoms with van der Waals surface area (Å²) in [5, 5.41) is 7.89. The second-order valence-corrected chi connectivity index (χ2v) is 6.23. The van der Waals surface area contributed by atoms with Crippen LogP contribution < -0.4 is 10.1 Å². The number of nitrogens with one attached hydrogen (secondary N) is 1. The van der Waals surface area contributed by atoms with Gasteiger partial charge in [-0.15, -0.1) is 0 Å². The molecule has 3 rings (SSSR count). The number of aryl methyl sites for hydroxylation is 1. The molecular weight excluding hydrogens is 266 g/mol. The Hall–Kier alpha value is -1.32. The number of hydrogen-bond donors (Lipinski definition) is 1. The van der Waals surface area contributed by atoms with Crippen molar-refractivity contribution < 1.29 is 4.74 Å². The van der Waals surface area contributed by atoms with E-state index < -0.39 is 0 Å². The van der Waals surface area contributed by atoms with Crippen molar-refractivity contribution in [3.63, 3.8) is 0 Å². The molecule has 1 N–H and O–H groups in total. The van der Waals surface area contributed by atoms with Crippen molar-refractivity contribution >= 4 is 11.3 Å². The summed E-state index contributed by atoms with van der Waals surface area (Å²) in [6, 6.07) is 11.2. The predicted octanol–water partition coefficient (Wildman–Crippen LogP) is 3.52. The van der Waals surface area contributed by atoms with Crippen LogP contribution >= 0.6 is 11.3 Å². The zero-order chi connectivity index (χ0) is 13.8. The molecule has 2 aromatic rings. The van der Waals surface area contributed by atoms with Crippen molar-refractivity contribution in [3.05, 3.63) is 52.2 Å². The Labute approximate surface area is 124 Å². The molecule has 1 aromatic carbocycles.